The number of nitrogens with two attached hydrogens (primary N) is 4. The lowest BCUT2D eigenvalue weighted by Gasteiger charge is -2.11. The van der Waals surface area contributed by atoms with Gasteiger partial charge in [-0.15, -0.1) is 0 Å². The SMILES string of the molecule is Cc1ccncc1-c1cc(N)c2cnc(NC(=O)[C@@H]3[C@@H](C)[C@H]3c3cnn(C)c3)cc2c1.Cc1ccncc1-c1cc(N)c2cnc(NC(=O)[C@@H]3[C@H](C)[C@H]3c3cnn(C)c3)cc2c1.Cc1ccncc1-c1cc(N)c2cnc(NC(=O)[C@H]3[C@@H](C)[C@@H]3c3cnn(C)c3)cc2c1.Cc1ccncc1-c1cc(N)c2cnc(NC(=O)[C@H]3[C@H](C)[C@@H]3c3cnn(C)c3)cc2c1. The van der Waals surface area contributed by atoms with E-state index in [1.807, 2.05) is 203 Å². The monoisotopic (exact) mass is 1650 g/mol. The standard InChI is InChI=1S/4C24H24N6O/c4*1-13-4-5-26-10-18(13)15-6-16-8-21(27-11-19(16)20(25)7-15)29-24(31)23-14(2)22(23)17-9-28-30(3)12-17/h4*4-12,14,22-23H,25H2,1-3H3,(H,27,29,31)/t2*14-,22+,23-;2*14-,22-,23+/m1010/s1. The lowest BCUT2D eigenvalue weighted by molar-refractivity contribution is -0.118. The molecule has 12 N–H and O–H groups in total. The third-order valence-electron chi connectivity index (χ3n) is 25.0. The van der Waals surface area contributed by atoms with E-state index in [-0.39, 0.29) is 94.6 Å². The number of amides is 4. The van der Waals surface area contributed by atoms with Crippen LogP contribution in [0.5, 0.6) is 0 Å². The number of fused-ring (bicyclic) bond motifs is 4. The second kappa shape index (κ2) is 33.2. The third-order valence-corrected chi connectivity index (χ3v) is 25.0. The van der Waals surface area contributed by atoms with Gasteiger partial charge in [0.2, 0.25) is 23.6 Å². The van der Waals surface area contributed by atoms with Crippen molar-refractivity contribution in [1.29, 1.82) is 0 Å². The number of carbonyl (C=O) groups excluding carboxylic acids is 4. The van der Waals surface area contributed by atoms with Gasteiger partial charge in [0.05, 0.1) is 24.8 Å². The Bertz CT molecular complexity index is 6050. The largest absolute Gasteiger partial charge is 0.398 e. The number of hydrogen-bond donors (Lipinski definition) is 8. The maximum absolute atomic E-state index is 12.9. The normalized spacial score (nSPS) is 20.0. The molecule has 0 saturated heterocycles. The van der Waals surface area contributed by atoms with Crippen molar-refractivity contribution in [1.82, 2.24) is 79.0 Å². The first-order valence-corrected chi connectivity index (χ1v) is 41.3. The van der Waals surface area contributed by atoms with Crippen LogP contribution in [0.25, 0.3) is 87.6 Å². The molecule has 20 rings (SSSR count). The van der Waals surface area contributed by atoms with Crippen LogP contribution in [0.15, 0.2) is 221 Å². The van der Waals surface area contributed by atoms with Crippen molar-refractivity contribution in [3.8, 4) is 44.5 Å². The Balaban J connectivity index is 0.000000117. The van der Waals surface area contributed by atoms with Crippen LogP contribution < -0.4 is 44.2 Å². The lowest BCUT2D eigenvalue weighted by atomic mass is 9.99. The highest BCUT2D eigenvalue weighted by molar-refractivity contribution is 6.05. The molecule has 4 fully saturated rings. The van der Waals surface area contributed by atoms with Gasteiger partial charge in [0.15, 0.2) is 0 Å². The van der Waals surface area contributed by atoms with Crippen molar-refractivity contribution in [2.24, 2.45) is 75.5 Å². The van der Waals surface area contributed by atoms with Crippen molar-refractivity contribution < 1.29 is 19.2 Å². The Kier molecular flexibility index (Phi) is 21.8. The number of hydrogen-bond acceptors (Lipinski definition) is 20. The highest BCUT2D eigenvalue weighted by Gasteiger charge is 2.56. The summed E-state index contributed by atoms with van der Waals surface area (Å²) in [6.07, 6.45) is 36.6. The van der Waals surface area contributed by atoms with Crippen molar-refractivity contribution in [2.75, 3.05) is 44.2 Å². The lowest BCUT2D eigenvalue weighted by Crippen LogP contribution is -2.16. The van der Waals surface area contributed by atoms with Crippen LogP contribution in [0.4, 0.5) is 46.0 Å². The van der Waals surface area contributed by atoms with Crippen molar-refractivity contribution in [3.05, 3.63) is 266 Å². The second-order valence-corrected chi connectivity index (χ2v) is 33.6. The summed E-state index contributed by atoms with van der Waals surface area (Å²) in [4.78, 5) is 86.3. The molecular weight excluding hydrogens is 1550 g/mol. The number of pyridine rings is 8. The van der Waals surface area contributed by atoms with Gasteiger partial charge in [0.25, 0.3) is 0 Å². The number of aryl methyl sites for hydroxylation is 8. The van der Waals surface area contributed by atoms with Crippen molar-refractivity contribution in [2.45, 2.75) is 79.1 Å². The van der Waals surface area contributed by atoms with Crippen molar-refractivity contribution >= 4 is 113 Å². The van der Waals surface area contributed by atoms with E-state index in [1.165, 1.54) is 0 Å². The summed E-state index contributed by atoms with van der Waals surface area (Å²) in [5.41, 5.74) is 44.8. The smallest absolute Gasteiger partial charge is 0.229 e. The Morgan fingerprint density at radius 1 is 0.298 bits per heavy atom. The zero-order valence-corrected chi connectivity index (χ0v) is 70.8. The average Bonchev–Trinajstić information content (AvgIpc) is 1.59. The molecule has 0 spiro atoms. The molecular formula is C96H96N24O4. The fraction of sp³-hybridized carbons (Fsp3) is 0.250. The van der Waals surface area contributed by atoms with Gasteiger partial charge in [0.1, 0.15) is 23.3 Å². The molecule has 12 atom stereocenters. The quantitative estimate of drug-likeness (QED) is 0.0417. The number of anilines is 8. The summed E-state index contributed by atoms with van der Waals surface area (Å²) in [5, 5.41) is 36.0. The van der Waals surface area contributed by atoms with E-state index in [2.05, 4.69) is 133 Å². The summed E-state index contributed by atoms with van der Waals surface area (Å²) in [6, 6.07) is 31.4. The summed E-state index contributed by atoms with van der Waals surface area (Å²) in [6.45, 7) is 16.6. The fourth-order valence-corrected chi connectivity index (χ4v) is 17.9. The number of nitrogens with zero attached hydrogens (tertiary/aromatic N) is 16. The first kappa shape index (κ1) is 81.4. The Morgan fingerprint density at radius 3 is 0.694 bits per heavy atom. The van der Waals surface area contributed by atoms with Gasteiger partial charge in [-0.3, -0.25) is 57.8 Å². The first-order chi connectivity index (χ1) is 59.7. The Morgan fingerprint density at radius 2 is 0.508 bits per heavy atom. The third kappa shape index (κ3) is 16.6. The van der Waals surface area contributed by atoms with Crippen LogP contribution in [-0.2, 0) is 47.4 Å². The van der Waals surface area contributed by atoms with Crippen LogP contribution >= 0.6 is 0 Å². The molecule has 0 radical (unpaired) electrons. The van der Waals surface area contributed by atoms with Gasteiger partial charge < -0.3 is 44.2 Å². The molecule has 624 valence electrons. The second-order valence-electron chi connectivity index (χ2n) is 33.6. The van der Waals surface area contributed by atoms with Gasteiger partial charge in [-0.2, -0.15) is 20.4 Å². The summed E-state index contributed by atoms with van der Waals surface area (Å²) in [7, 11) is 7.55. The van der Waals surface area contributed by atoms with Crippen LogP contribution in [-0.4, -0.2) is 103 Å². The molecule has 4 aromatic carbocycles. The molecule has 28 nitrogen and oxygen atoms in total. The number of nitrogens with one attached hydrogen (secondary N) is 4. The maximum atomic E-state index is 12.9. The highest BCUT2D eigenvalue weighted by Crippen LogP contribution is 2.57. The zero-order valence-electron chi connectivity index (χ0n) is 70.8. The molecule has 4 amide bonds. The number of carbonyl (C=O) groups is 4. The predicted octanol–water partition coefficient (Wildman–Crippen LogP) is 15.6. The van der Waals surface area contributed by atoms with E-state index in [0.29, 0.717) is 46.0 Å². The molecule has 12 heterocycles. The number of rotatable bonds is 16. The van der Waals surface area contributed by atoms with Crippen molar-refractivity contribution in [3.63, 3.8) is 0 Å². The van der Waals surface area contributed by atoms with E-state index in [1.54, 1.807) is 68.3 Å². The molecule has 16 aromatic rings. The first-order valence-electron chi connectivity index (χ1n) is 41.3. The molecule has 0 unspecified atom stereocenters. The molecule has 0 aliphatic heterocycles. The highest BCUT2D eigenvalue weighted by atomic mass is 16.2. The zero-order chi connectivity index (χ0) is 86.8. The number of nitrogen functional groups attached to an aromatic ring is 4. The summed E-state index contributed by atoms with van der Waals surface area (Å²) < 4.78 is 7.08. The van der Waals surface area contributed by atoms with Gasteiger partial charge in [0, 0.05) is 241 Å². The minimum Gasteiger partial charge on any atom is -0.398 e. The minimum atomic E-state index is -0.0730. The topological polar surface area (TPSA) is 395 Å². The van der Waals surface area contributed by atoms with E-state index in [9.17, 15) is 19.2 Å². The summed E-state index contributed by atoms with van der Waals surface area (Å²) >= 11 is 0. The number of aromatic nitrogens is 16. The Labute approximate surface area is 715 Å². The number of benzene rings is 4. The molecule has 124 heavy (non-hydrogen) atoms. The van der Waals surface area contributed by atoms with E-state index < -0.39 is 0 Å². The van der Waals surface area contributed by atoms with Crippen LogP contribution in [0.2, 0.25) is 0 Å². The predicted molar refractivity (Wildman–Crippen MR) is 485 cm³/mol. The fourth-order valence-electron chi connectivity index (χ4n) is 17.9. The average molecular weight is 1650 g/mol. The molecule has 4 saturated carbocycles. The van der Waals surface area contributed by atoms with Crippen LogP contribution in [0.3, 0.4) is 0 Å². The van der Waals surface area contributed by atoms with E-state index >= 15 is 0 Å². The van der Waals surface area contributed by atoms with Gasteiger partial charge >= 0.3 is 0 Å². The molecule has 4 aliphatic carbocycles. The van der Waals surface area contributed by atoms with Crippen LogP contribution in [0, 0.1) is 75.0 Å². The van der Waals surface area contributed by atoms with Gasteiger partial charge in [-0.25, -0.2) is 19.9 Å². The maximum Gasteiger partial charge on any atom is 0.229 e. The van der Waals surface area contributed by atoms with Crippen LogP contribution in [0.1, 0.15) is 95.9 Å². The molecule has 28 heteroatoms. The van der Waals surface area contributed by atoms with E-state index in [4.69, 9.17) is 22.9 Å². The molecule has 0 bridgehead atoms. The molecule has 12 aromatic heterocycles. The van der Waals surface area contributed by atoms with Gasteiger partial charge in [-0.1, -0.05) is 27.7 Å². The Hall–Kier alpha value is -15.0. The molecule has 4 aliphatic rings. The van der Waals surface area contributed by atoms with E-state index in [0.717, 1.165) is 132 Å². The minimum absolute atomic E-state index is 0.0135. The van der Waals surface area contributed by atoms with Gasteiger partial charge in [-0.05, 0) is 237 Å². The summed E-state index contributed by atoms with van der Waals surface area (Å²) in [5.74, 6) is 3.68.